The van der Waals surface area contributed by atoms with E-state index in [0.29, 0.717) is 6.54 Å². The molecule has 0 radical (unpaired) electrons. The van der Waals surface area contributed by atoms with Gasteiger partial charge in [0.15, 0.2) is 0 Å². The van der Waals surface area contributed by atoms with E-state index in [1.54, 1.807) is 0 Å². The Bertz CT molecular complexity index is 303. The molecule has 118 valence electrons. The van der Waals surface area contributed by atoms with Crippen molar-refractivity contribution in [3.63, 3.8) is 0 Å². The van der Waals surface area contributed by atoms with E-state index >= 15 is 0 Å². The lowest BCUT2D eigenvalue weighted by Gasteiger charge is -2.28. The summed E-state index contributed by atoms with van der Waals surface area (Å²) in [4.78, 5) is 12.3. The maximum absolute atomic E-state index is 12.3. The van der Waals surface area contributed by atoms with Gasteiger partial charge in [-0.25, -0.2) is 0 Å². The van der Waals surface area contributed by atoms with Crippen molar-refractivity contribution >= 4 is 18.3 Å². The van der Waals surface area contributed by atoms with Gasteiger partial charge in [0.05, 0.1) is 5.41 Å². The molecule has 0 heterocycles. The number of hydrogen-bond donors (Lipinski definition) is 2. The molecular formula is C16H31ClN2O. The number of carbonyl (C=O) groups excluding carboxylic acids is 1. The van der Waals surface area contributed by atoms with Crippen LogP contribution in [0.25, 0.3) is 0 Å². The lowest BCUT2D eigenvalue weighted by Crippen LogP contribution is -2.44. The fourth-order valence-electron chi connectivity index (χ4n) is 3.97. The van der Waals surface area contributed by atoms with E-state index in [-0.39, 0.29) is 23.7 Å². The molecule has 2 saturated carbocycles. The van der Waals surface area contributed by atoms with Crippen molar-refractivity contribution < 1.29 is 4.79 Å². The molecule has 2 aliphatic rings. The van der Waals surface area contributed by atoms with E-state index < -0.39 is 0 Å². The average Bonchev–Trinajstić information content (AvgIpc) is 2.89. The highest BCUT2D eigenvalue weighted by Crippen LogP contribution is 2.37. The summed E-state index contributed by atoms with van der Waals surface area (Å²) in [7, 11) is 0. The van der Waals surface area contributed by atoms with Gasteiger partial charge < -0.3 is 11.1 Å². The number of nitrogens with two attached hydrogens (primary N) is 1. The van der Waals surface area contributed by atoms with Crippen LogP contribution in [0.3, 0.4) is 0 Å². The van der Waals surface area contributed by atoms with Crippen molar-refractivity contribution in [2.45, 2.75) is 64.7 Å². The third-order valence-electron chi connectivity index (χ3n) is 5.32. The Morgan fingerprint density at radius 1 is 1.25 bits per heavy atom. The van der Waals surface area contributed by atoms with Crippen molar-refractivity contribution in [2.24, 2.45) is 23.0 Å². The molecule has 0 bridgehead atoms. The van der Waals surface area contributed by atoms with Crippen molar-refractivity contribution in [3.8, 4) is 0 Å². The standard InChI is InChI=1S/C16H30N2O.ClH/c1-13-5-4-6-14(11-13)7-10-18-15(19)16(12-17)8-2-3-9-16;/h13-14H,2-12,17H2,1H3,(H,18,19);1H. The largest absolute Gasteiger partial charge is 0.356 e. The number of nitrogens with one attached hydrogen (secondary N) is 1. The second-order valence-electron chi connectivity index (χ2n) is 6.87. The summed E-state index contributed by atoms with van der Waals surface area (Å²) in [6.45, 7) is 3.71. The molecule has 0 aromatic rings. The maximum Gasteiger partial charge on any atom is 0.227 e. The average molecular weight is 303 g/mol. The molecule has 0 spiro atoms. The second kappa shape index (κ2) is 8.23. The van der Waals surface area contributed by atoms with E-state index in [1.807, 2.05) is 0 Å². The molecule has 2 atom stereocenters. The molecule has 2 aliphatic carbocycles. The summed E-state index contributed by atoms with van der Waals surface area (Å²) in [5.41, 5.74) is 5.61. The van der Waals surface area contributed by atoms with Crippen molar-refractivity contribution in [2.75, 3.05) is 13.1 Å². The van der Waals surface area contributed by atoms with Gasteiger partial charge >= 0.3 is 0 Å². The van der Waals surface area contributed by atoms with E-state index in [0.717, 1.165) is 50.5 Å². The molecule has 2 rings (SSSR count). The van der Waals surface area contributed by atoms with Gasteiger partial charge in [0.1, 0.15) is 0 Å². The van der Waals surface area contributed by atoms with Crippen molar-refractivity contribution in [1.82, 2.24) is 5.32 Å². The SMILES string of the molecule is CC1CCCC(CCNC(=O)C2(CN)CCCC2)C1.Cl. The highest BCUT2D eigenvalue weighted by molar-refractivity contribution is 5.85. The first-order valence-electron chi connectivity index (χ1n) is 8.15. The topological polar surface area (TPSA) is 55.1 Å². The third kappa shape index (κ3) is 4.36. The van der Waals surface area contributed by atoms with Gasteiger partial charge in [-0.3, -0.25) is 4.79 Å². The third-order valence-corrected chi connectivity index (χ3v) is 5.32. The van der Waals surface area contributed by atoms with Crippen molar-refractivity contribution in [1.29, 1.82) is 0 Å². The van der Waals surface area contributed by atoms with Crippen molar-refractivity contribution in [3.05, 3.63) is 0 Å². The normalized spacial score (nSPS) is 28.7. The minimum absolute atomic E-state index is 0. The zero-order chi connectivity index (χ0) is 13.7. The molecule has 4 heteroatoms. The number of carbonyl (C=O) groups is 1. The molecule has 0 aromatic heterocycles. The summed E-state index contributed by atoms with van der Waals surface area (Å²) in [5.74, 6) is 1.91. The van der Waals surface area contributed by atoms with Gasteiger partial charge in [-0.05, 0) is 37.5 Å². The maximum atomic E-state index is 12.3. The predicted octanol–water partition coefficient (Wildman–Crippen LogP) is 3.26. The van der Waals surface area contributed by atoms with Gasteiger partial charge in [-0.1, -0.05) is 39.0 Å². The van der Waals surface area contributed by atoms with Crippen LogP contribution in [-0.2, 0) is 4.79 Å². The molecule has 2 unspecified atom stereocenters. The quantitative estimate of drug-likeness (QED) is 0.819. The Morgan fingerprint density at radius 2 is 1.95 bits per heavy atom. The van der Waals surface area contributed by atoms with Crippen LogP contribution in [0, 0.1) is 17.3 Å². The highest BCUT2D eigenvalue weighted by atomic mass is 35.5. The molecular weight excluding hydrogens is 272 g/mol. The molecule has 0 aromatic carbocycles. The zero-order valence-corrected chi connectivity index (χ0v) is 13.6. The fourth-order valence-corrected chi connectivity index (χ4v) is 3.97. The van der Waals surface area contributed by atoms with Crippen LogP contribution < -0.4 is 11.1 Å². The predicted molar refractivity (Wildman–Crippen MR) is 86.0 cm³/mol. The molecule has 2 fully saturated rings. The van der Waals surface area contributed by atoms with E-state index in [4.69, 9.17) is 5.73 Å². The molecule has 3 nitrogen and oxygen atoms in total. The monoisotopic (exact) mass is 302 g/mol. The first-order chi connectivity index (χ1) is 9.16. The van der Waals surface area contributed by atoms with Gasteiger partial charge in [-0.2, -0.15) is 0 Å². The smallest absolute Gasteiger partial charge is 0.227 e. The Morgan fingerprint density at radius 3 is 2.55 bits per heavy atom. The lowest BCUT2D eigenvalue weighted by molar-refractivity contribution is -0.130. The molecule has 1 amide bonds. The van der Waals surface area contributed by atoms with Crippen LogP contribution >= 0.6 is 12.4 Å². The number of hydrogen-bond acceptors (Lipinski definition) is 2. The number of amides is 1. The highest BCUT2D eigenvalue weighted by Gasteiger charge is 2.39. The summed E-state index contributed by atoms with van der Waals surface area (Å²) >= 11 is 0. The summed E-state index contributed by atoms with van der Waals surface area (Å²) in [5, 5.41) is 3.16. The van der Waals surface area contributed by atoms with Crippen LogP contribution in [0.2, 0.25) is 0 Å². The zero-order valence-electron chi connectivity index (χ0n) is 12.8. The lowest BCUT2D eigenvalue weighted by atomic mass is 9.80. The second-order valence-corrected chi connectivity index (χ2v) is 6.87. The minimum Gasteiger partial charge on any atom is -0.356 e. The molecule has 20 heavy (non-hydrogen) atoms. The van der Waals surface area contributed by atoms with Gasteiger partial charge in [-0.15, -0.1) is 12.4 Å². The summed E-state index contributed by atoms with van der Waals surface area (Å²) in [6.07, 6.45) is 10.9. The van der Waals surface area contributed by atoms with Crippen LogP contribution in [0.15, 0.2) is 0 Å². The number of halogens is 1. The van der Waals surface area contributed by atoms with Gasteiger partial charge in [0.2, 0.25) is 5.91 Å². The molecule has 0 saturated heterocycles. The van der Waals surface area contributed by atoms with Gasteiger partial charge in [0.25, 0.3) is 0 Å². The first-order valence-corrected chi connectivity index (χ1v) is 8.15. The van der Waals surface area contributed by atoms with E-state index in [9.17, 15) is 4.79 Å². The van der Waals surface area contributed by atoms with Gasteiger partial charge in [0, 0.05) is 13.1 Å². The molecule has 3 N–H and O–H groups in total. The summed E-state index contributed by atoms with van der Waals surface area (Å²) in [6, 6.07) is 0. The fraction of sp³-hybridized carbons (Fsp3) is 0.938. The van der Waals surface area contributed by atoms with Crippen LogP contribution in [0.5, 0.6) is 0 Å². The van der Waals surface area contributed by atoms with E-state index in [2.05, 4.69) is 12.2 Å². The Labute approximate surface area is 129 Å². The Hall–Kier alpha value is -0.280. The molecule has 0 aliphatic heterocycles. The minimum atomic E-state index is -0.236. The van der Waals surface area contributed by atoms with Crippen LogP contribution in [0.1, 0.15) is 64.7 Å². The van der Waals surface area contributed by atoms with E-state index in [1.165, 1.54) is 25.7 Å². The first kappa shape index (κ1) is 17.8. The Balaban J connectivity index is 0.00000200. The van der Waals surface area contributed by atoms with Crippen LogP contribution in [-0.4, -0.2) is 19.0 Å². The summed E-state index contributed by atoms with van der Waals surface area (Å²) < 4.78 is 0. The number of rotatable bonds is 5. The Kier molecular flexibility index (Phi) is 7.32. The van der Waals surface area contributed by atoms with Crippen LogP contribution in [0.4, 0.5) is 0 Å².